The first kappa shape index (κ1) is 36.2. The van der Waals surface area contributed by atoms with E-state index < -0.39 is 0 Å². The van der Waals surface area contributed by atoms with Gasteiger partial charge in [-0.1, -0.05) is 97.1 Å². The van der Waals surface area contributed by atoms with Crippen molar-refractivity contribution in [2.24, 2.45) is 0 Å². The van der Waals surface area contributed by atoms with Crippen molar-refractivity contribution in [1.82, 2.24) is 0 Å². The first-order valence-corrected chi connectivity index (χ1v) is 18.1. The van der Waals surface area contributed by atoms with Crippen LogP contribution in [-0.4, -0.2) is 56.9 Å². The third-order valence-corrected chi connectivity index (χ3v) is 10.6. The molecule has 0 amide bonds. The molecular formula is C48H42O8. The van der Waals surface area contributed by atoms with E-state index in [9.17, 15) is 0 Å². The highest BCUT2D eigenvalue weighted by molar-refractivity contribution is 6.22. The number of benzene rings is 8. The molecular weight excluding hydrogens is 705 g/mol. The fourth-order valence-corrected chi connectivity index (χ4v) is 8.36. The van der Waals surface area contributed by atoms with Crippen LogP contribution in [0.5, 0.6) is 46.0 Å². The third-order valence-electron chi connectivity index (χ3n) is 10.6. The molecule has 0 aliphatic rings. The van der Waals surface area contributed by atoms with Crippen LogP contribution in [-0.2, 0) is 0 Å². The Hall–Kier alpha value is -6.80. The molecule has 0 aliphatic heterocycles. The van der Waals surface area contributed by atoms with Gasteiger partial charge in [0.15, 0.2) is 46.0 Å². The zero-order valence-corrected chi connectivity index (χ0v) is 32.7. The molecule has 0 saturated carbocycles. The van der Waals surface area contributed by atoms with Gasteiger partial charge in [0.25, 0.3) is 0 Å². The summed E-state index contributed by atoms with van der Waals surface area (Å²) in [6.45, 7) is 0. The smallest absolute Gasteiger partial charge is 0.169 e. The van der Waals surface area contributed by atoms with Crippen molar-refractivity contribution in [2.75, 3.05) is 56.9 Å². The minimum absolute atomic E-state index is 0.512. The lowest BCUT2D eigenvalue weighted by Crippen LogP contribution is -2.04. The Labute approximate surface area is 325 Å². The molecule has 0 saturated heterocycles. The lowest BCUT2D eigenvalue weighted by Gasteiger charge is -2.27. The Kier molecular flexibility index (Phi) is 9.56. The second kappa shape index (κ2) is 14.8. The molecule has 0 aromatic heterocycles. The predicted octanol–water partition coefficient (Wildman–Crippen LogP) is 11.4. The zero-order valence-electron chi connectivity index (χ0n) is 32.7. The van der Waals surface area contributed by atoms with Crippen molar-refractivity contribution in [3.8, 4) is 79.4 Å². The van der Waals surface area contributed by atoms with E-state index in [0.717, 1.165) is 76.5 Å². The van der Waals surface area contributed by atoms with Gasteiger partial charge in [0, 0.05) is 33.4 Å². The lowest BCUT2D eigenvalue weighted by molar-refractivity contribution is 0.351. The van der Waals surface area contributed by atoms with Crippen molar-refractivity contribution in [1.29, 1.82) is 0 Å². The molecule has 0 bridgehead atoms. The first-order valence-electron chi connectivity index (χ1n) is 18.1. The molecule has 0 heterocycles. The monoisotopic (exact) mass is 746 g/mol. The first-order chi connectivity index (χ1) is 27.5. The Bertz CT molecular complexity index is 2610. The quantitative estimate of drug-likeness (QED) is 0.130. The van der Waals surface area contributed by atoms with Gasteiger partial charge in [-0.3, -0.25) is 0 Å². The van der Waals surface area contributed by atoms with Gasteiger partial charge in [0.2, 0.25) is 0 Å². The molecule has 0 aliphatic carbocycles. The van der Waals surface area contributed by atoms with Gasteiger partial charge >= 0.3 is 0 Å². The molecule has 282 valence electrons. The van der Waals surface area contributed by atoms with Crippen molar-refractivity contribution >= 4 is 43.1 Å². The highest BCUT2D eigenvalue weighted by Gasteiger charge is 2.33. The highest BCUT2D eigenvalue weighted by atomic mass is 16.5. The van der Waals surface area contributed by atoms with E-state index in [1.165, 1.54) is 0 Å². The van der Waals surface area contributed by atoms with E-state index in [1.54, 1.807) is 56.9 Å². The van der Waals surface area contributed by atoms with Gasteiger partial charge in [0.1, 0.15) is 0 Å². The number of ether oxygens (including phenoxy) is 8. The van der Waals surface area contributed by atoms with Crippen molar-refractivity contribution in [3.05, 3.63) is 109 Å². The lowest BCUT2D eigenvalue weighted by atomic mass is 9.83. The van der Waals surface area contributed by atoms with Crippen LogP contribution in [0.1, 0.15) is 0 Å². The van der Waals surface area contributed by atoms with Crippen LogP contribution >= 0.6 is 0 Å². The minimum atomic E-state index is 0.512. The summed E-state index contributed by atoms with van der Waals surface area (Å²) < 4.78 is 49.9. The molecule has 8 nitrogen and oxygen atoms in total. The van der Waals surface area contributed by atoms with Crippen LogP contribution in [0.4, 0.5) is 0 Å². The fraction of sp³-hybridized carbons (Fsp3) is 0.167. The summed E-state index contributed by atoms with van der Waals surface area (Å²) in [6, 6.07) is 36.8. The minimum Gasteiger partial charge on any atom is -0.493 e. The van der Waals surface area contributed by atoms with Gasteiger partial charge in [-0.25, -0.2) is 0 Å². The highest BCUT2D eigenvalue weighted by Crippen LogP contribution is 2.61. The molecule has 0 radical (unpaired) electrons. The van der Waals surface area contributed by atoms with Gasteiger partial charge in [-0.05, 0) is 55.2 Å². The summed E-state index contributed by atoms with van der Waals surface area (Å²) in [6.07, 6.45) is 0. The summed E-state index contributed by atoms with van der Waals surface area (Å²) in [4.78, 5) is 0. The summed E-state index contributed by atoms with van der Waals surface area (Å²) in [7, 11) is 13.2. The van der Waals surface area contributed by atoms with Crippen LogP contribution in [0.3, 0.4) is 0 Å². The third kappa shape index (κ3) is 5.35. The van der Waals surface area contributed by atoms with E-state index in [4.69, 9.17) is 37.9 Å². The summed E-state index contributed by atoms with van der Waals surface area (Å²) in [5.41, 5.74) is 4.79. The van der Waals surface area contributed by atoms with Gasteiger partial charge in [-0.15, -0.1) is 0 Å². The molecule has 8 heteroatoms. The number of hydrogen-bond donors (Lipinski definition) is 0. The normalized spacial score (nSPS) is 11.2. The van der Waals surface area contributed by atoms with Gasteiger partial charge in [-0.2, -0.15) is 0 Å². The topological polar surface area (TPSA) is 73.8 Å². The van der Waals surface area contributed by atoms with E-state index in [-0.39, 0.29) is 0 Å². The van der Waals surface area contributed by atoms with E-state index in [2.05, 4.69) is 48.5 Å². The molecule has 0 atom stereocenters. The van der Waals surface area contributed by atoms with Crippen molar-refractivity contribution < 1.29 is 37.9 Å². The number of hydrogen-bond acceptors (Lipinski definition) is 8. The van der Waals surface area contributed by atoms with Crippen molar-refractivity contribution in [3.63, 3.8) is 0 Å². The van der Waals surface area contributed by atoms with E-state index in [0.29, 0.717) is 46.0 Å². The zero-order chi connectivity index (χ0) is 39.1. The SMILES string of the molecule is COc1cc2ccccc2c(-c2c(OC)c(OC)c(-c3c(OC)c(OC)c(-c4c(OC)c(OC)cc5ccccc45)c4ccccc34)c3ccccc23)c1OC. The van der Waals surface area contributed by atoms with Crippen LogP contribution in [0.15, 0.2) is 109 Å². The standard InChI is InChI=1S/C48H42O8/c1-49-35-25-27-17-9-11-19-29(27)37(43(35)51-3)39-31-21-13-15-23-33(31)41(47(55-7)45(39)53-5)42-34-24-16-14-22-32(34)40(46(54-6)48(42)56-8)38-30-20-12-10-18-28(30)26-36(50-2)44(38)52-4/h9-26H,1-8H3. The maximum Gasteiger partial charge on any atom is 0.169 e. The molecule has 8 aromatic rings. The van der Waals surface area contributed by atoms with Crippen LogP contribution in [0.2, 0.25) is 0 Å². The molecule has 0 fully saturated rings. The van der Waals surface area contributed by atoms with Crippen LogP contribution in [0.25, 0.3) is 76.5 Å². The largest absolute Gasteiger partial charge is 0.493 e. The molecule has 56 heavy (non-hydrogen) atoms. The second-order valence-corrected chi connectivity index (χ2v) is 13.1. The van der Waals surface area contributed by atoms with Crippen LogP contribution in [0, 0.1) is 0 Å². The number of rotatable bonds is 11. The Balaban J connectivity index is 1.58. The fourth-order valence-electron chi connectivity index (χ4n) is 8.36. The maximum absolute atomic E-state index is 6.47. The average molecular weight is 747 g/mol. The summed E-state index contributed by atoms with van der Waals surface area (Å²) >= 11 is 0. The van der Waals surface area contributed by atoms with Gasteiger partial charge in [0.05, 0.1) is 56.9 Å². The predicted molar refractivity (Wildman–Crippen MR) is 225 cm³/mol. The number of fused-ring (bicyclic) bond motifs is 4. The molecule has 0 spiro atoms. The van der Waals surface area contributed by atoms with Crippen LogP contribution < -0.4 is 37.9 Å². The van der Waals surface area contributed by atoms with E-state index in [1.807, 2.05) is 60.7 Å². The van der Waals surface area contributed by atoms with Gasteiger partial charge < -0.3 is 37.9 Å². The maximum atomic E-state index is 6.47. The Morgan fingerprint density at radius 3 is 0.732 bits per heavy atom. The molecule has 8 aromatic carbocycles. The molecule has 0 unspecified atom stereocenters. The Morgan fingerprint density at radius 1 is 0.250 bits per heavy atom. The average Bonchev–Trinajstić information content (AvgIpc) is 3.25. The van der Waals surface area contributed by atoms with E-state index >= 15 is 0 Å². The summed E-state index contributed by atoms with van der Waals surface area (Å²) in [5.74, 6) is 4.43. The Morgan fingerprint density at radius 2 is 0.482 bits per heavy atom. The summed E-state index contributed by atoms with van der Waals surface area (Å²) in [5, 5.41) is 7.53. The molecule has 0 N–H and O–H groups in total. The number of methoxy groups -OCH3 is 8. The second-order valence-electron chi connectivity index (χ2n) is 13.1. The molecule has 8 rings (SSSR count). The van der Waals surface area contributed by atoms with Crippen molar-refractivity contribution in [2.45, 2.75) is 0 Å².